The molecule has 1 aromatic heterocycles. The zero-order valence-electron chi connectivity index (χ0n) is 14.1. The van der Waals surface area contributed by atoms with E-state index in [1.54, 1.807) is 24.3 Å². The third kappa shape index (κ3) is 3.36. The molecule has 0 fully saturated rings. The molecule has 126 valence electrons. The second-order valence-corrected chi connectivity index (χ2v) is 6.34. The molecule has 0 atom stereocenters. The highest BCUT2D eigenvalue weighted by Gasteiger charge is 2.21. The summed E-state index contributed by atoms with van der Waals surface area (Å²) in [6, 6.07) is 23.1. The zero-order chi connectivity index (χ0) is 17.9. The Morgan fingerprint density at radius 3 is 1.88 bits per heavy atom. The number of pyridine rings is 1. The first-order valence-electron chi connectivity index (χ1n) is 8.54. The van der Waals surface area contributed by atoms with Crippen molar-refractivity contribution in [3.8, 4) is 0 Å². The molecule has 0 bridgehead atoms. The van der Waals surface area contributed by atoms with E-state index in [4.69, 9.17) is 0 Å². The number of rotatable bonds is 4. The van der Waals surface area contributed by atoms with Crippen molar-refractivity contribution in [2.75, 3.05) is 0 Å². The molecule has 0 saturated carbocycles. The smallest absolute Gasteiger partial charge is 0.215 e. The number of aromatic nitrogens is 1. The van der Waals surface area contributed by atoms with E-state index in [1.807, 2.05) is 24.4 Å². The first-order valence-corrected chi connectivity index (χ1v) is 8.54. The summed E-state index contributed by atoms with van der Waals surface area (Å²) in [6.45, 7) is -0.0329. The lowest BCUT2D eigenvalue weighted by atomic mass is 9.38. The van der Waals surface area contributed by atoms with E-state index >= 15 is 0 Å². The average molecular weight is 343 g/mol. The lowest BCUT2D eigenvalue weighted by molar-refractivity contribution is 0.628. The molecule has 0 aliphatic rings. The largest absolute Gasteiger partial charge is 0.261 e. The molecule has 4 rings (SSSR count). The first kappa shape index (κ1) is 16.5. The Labute approximate surface area is 151 Å². The molecule has 1 nitrogen and oxygen atoms in total. The molecule has 0 aliphatic carbocycles. The van der Waals surface area contributed by atoms with Crippen LogP contribution < -0.4 is 10.9 Å². The van der Waals surface area contributed by atoms with Gasteiger partial charge in [-0.1, -0.05) is 59.5 Å². The van der Waals surface area contributed by atoms with E-state index in [1.165, 1.54) is 24.3 Å². The molecule has 4 aromatic rings. The molecule has 4 heteroatoms. The van der Waals surface area contributed by atoms with Crippen molar-refractivity contribution in [2.45, 2.75) is 6.32 Å². The van der Waals surface area contributed by atoms with Crippen molar-refractivity contribution in [3.63, 3.8) is 0 Å². The summed E-state index contributed by atoms with van der Waals surface area (Å²) in [5, 5.41) is 2.23. The van der Waals surface area contributed by atoms with E-state index < -0.39 is 0 Å². The van der Waals surface area contributed by atoms with Gasteiger partial charge in [-0.25, -0.2) is 8.78 Å². The van der Waals surface area contributed by atoms with Crippen LogP contribution >= 0.6 is 0 Å². The maximum atomic E-state index is 13.4. The van der Waals surface area contributed by atoms with Crippen LogP contribution in [0.25, 0.3) is 10.8 Å². The van der Waals surface area contributed by atoms with Gasteiger partial charge in [0.05, 0.1) is 0 Å². The summed E-state index contributed by atoms with van der Waals surface area (Å²) in [6.07, 6.45) is 2.46. The molecular formula is C22H16BF2N. The number of halogens is 2. The second-order valence-electron chi connectivity index (χ2n) is 6.34. The highest BCUT2D eigenvalue weighted by Crippen LogP contribution is 2.17. The Morgan fingerprint density at radius 2 is 1.27 bits per heavy atom. The van der Waals surface area contributed by atoms with Crippen molar-refractivity contribution in [1.82, 2.24) is 4.98 Å². The lowest BCUT2D eigenvalue weighted by Crippen LogP contribution is -2.44. The second kappa shape index (κ2) is 7.08. The highest BCUT2D eigenvalue weighted by molar-refractivity contribution is 6.84. The van der Waals surface area contributed by atoms with E-state index in [2.05, 4.69) is 17.1 Å². The minimum absolute atomic E-state index is 0.0329. The molecule has 3 aromatic carbocycles. The van der Waals surface area contributed by atoms with Crippen LogP contribution in [0.5, 0.6) is 0 Å². The van der Waals surface area contributed by atoms with Crippen molar-refractivity contribution in [2.24, 2.45) is 0 Å². The molecule has 0 radical (unpaired) electrons. The van der Waals surface area contributed by atoms with E-state index in [0.29, 0.717) is 6.32 Å². The van der Waals surface area contributed by atoms with Crippen LogP contribution in [0, 0.1) is 11.6 Å². The predicted octanol–water partition coefficient (Wildman–Crippen LogP) is 3.90. The summed E-state index contributed by atoms with van der Waals surface area (Å²) in [5.41, 5.74) is 2.93. The number of hydrogen-bond donors (Lipinski definition) is 0. The molecule has 0 N–H and O–H groups in total. The van der Waals surface area contributed by atoms with Gasteiger partial charge in [-0.3, -0.25) is 4.98 Å². The van der Waals surface area contributed by atoms with Crippen LogP contribution in [0.1, 0.15) is 5.69 Å². The SMILES string of the molecule is Fc1ccc(B(Cc2nccc3ccccc23)c2ccc(F)cc2)cc1. The first-order chi connectivity index (χ1) is 12.7. The Morgan fingerprint density at radius 1 is 0.692 bits per heavy atom. The minimum Gasteiger partial charge on any atom is -0.261 e. The van der Waals surface area contributed by atoms with Crippen LogP contribution in [-0.2, 0) is 6.32 Å². The Kier molecular flexibility index (Phi) is 4.49. The monoisotopic (exact) mass is 343 g/mol. The predicted molar refractivity (Wildman–Crippen MR) is 103 cm³/mol. The number of nitrogens with zero attached hydrogens (tertiary/aromatic N) is 1. The topological polar surface area (TPSA) is 12.9 Å². The van der Waals surface area contributed by atoms with Crippen molar-refractivity contribution in [1.29, 1.82) is 0 Å². The van der Waals surface area contributed by atoms with Crippen LogP contribution in [0.2, 0.25) is 0 Å². The molecule has 0 spiro atoms. The summed E-state index contributed by atoms with van der Waals surface area (Å²) in [4.78, 5) is 4.58. The lowest BCUT2D eigenvalue weighted by Gasteiger charge is -2.16. The number of benzene rings is 3. The Hall–Kier alpha value is -3.01. The maximum Gasteiger partial charge on any atom is 0.215 e. The quantitative estimate of drug-likeness (QED) is 0.512. The van der Waals surface area contributed by atoms with Crippen molar-refractivity contribution >= 4 is 28.4 Å². The fourth-order valence-corrected chi connectivity index (χ4v) is 3.36. The molecule has 0 amide bonds. The molecule has 0 unspecified atom stereocenters. The zero-order valence-corrected chi connectivity index (χ0v) is 14.1. The fraction of sp³-hybridized carbons (Fsp3) is 0.0455. The Bertz CT molecular complexity index is 979. The van der Waals surface area contributed by atoms with Gasteiger partial charge in [0.25, 0.3) is 0 Å². The van der Waals surface area contributed by atoms with Gasteiger partial charge in [-0.15, -0.1) is 0 Å². The fourth-order valence-electron chi connectivity index (χ4n) is 3.36. The number of fused-ring (bicyclic) bond motifs is 1. The highest BCUT2D eigenvalue weighted by atomic mass is 19.1. The van der Waals surface area contributed by atoms with Gasteiger partial charge in [-0.05, 0) is 42.0 Å². The average Bonchev–Trinajstić information content (AvgIpc) is 2.68. The normalized spacial score (nSPS) is 10.8. The molecule has 0 saturated heterocycles. The van der Waals surface area contributed by atoms with Gasteiger partial charge in [0.1, 0.15) is 11.6 Å². The van der Waals surface area contributed by atoms with Gasteiger partial charge in [0.2, 0.25) is 6.71 Å². The third-order valence-electron chi connectivity index (χ3n) is 4.70. The van der Waals surface area contributed by atoms with Crippen LogP contribution in [0.15, 0.2) is 85.1 Å². The molecular weight excluding hydrogens is 327 g/mol. The Balaban J connectivity index is 1.79. The van der Waals surface area contributed by atoms with Crippen molar-refractivity contribution in [3.05, 3.63) is 102 Å². The molecule has 0 aliphatic heterocycles. The van der Waals surface area contributed by atoms with Gasteiger partial charge in [-0.2, -0.15) is 0 Å². The molecule has 26 heavy (non-hydrogen) atoms. The van der Waals surface area contributed by atoms with Gasteiger partial charge < -0.3 is 0 Å². The van der Waals surface area contributed by atoms with Gasteiger partial charge in [0.15, 0.2) is 0 Å². The summed E-state index contributed by atoms with van der Waals surface area (Å²) >= 11 is 0. The standard InChI is InChI=1S/C22H16BF2N/c24-19-9-5-17(6-10-19)23(18-7-11-20(25)12-8-18)15-22-21-4-2-1-3-16(21)13-14-26-22/h1-14H,15H2. The molecule has 1 heterocycles. The summed E-state index contributed by atoms with van der Waals surface area (Å²) in [7, 11) is 0. The minimum atomic E-state index is -0.269. The van der Waals surface area contributed by atoms with E-state index in [0.717, 1.165) is 27.4 Å². The van der Waals surface area contributed by atoms with E-state index in [9.17, 15) is 8.78 Å². The van der Waals surface area contributed by atoms with Crippen LogP contribution in [-0.4, -0.2) is 11.7 Å². The number of hydrogen-bond acceptors (Lipinski definition) is 1. The van der Waals surface area contributed by atoms with Gasteiger partial charge >= 0.3 is 0 Å². The van der Waals surface area contributed by atoms with Crippen molar-refractivity contribution < 1.29 is 8.78 Å². The summed E-state index contributed by atoms with van der Waals surface area (Å²) < 4.78 is 26.8. The third-order valence-corrected chi connectivity index (χ3v) is 4.70. The van der Waals surface area contributed by atoms with Crippen LogP contribution in [0.3, 0.4) is 0 Å². The summed E-state index contributed by atoms with van der Waals surface area (Å²) in [5.74, 6) is -0.537. The van der Waals surface area contributed by atoms with Crippen LogP contribution in [0.4, 0.5) is 8.78 Å². The van der Waals surface area contributed by atoms with Gasteiger partial charge in [0, 0.05) is 17.3 Å². The maximum absolute atomic E-state index is 13.4. The van der Waals surface area contributed by atoms with E-state index in [-0.39, 0.29) is 18.3 Å².